The van der Waals surface area contributed by atoms with Crippen LogP contribution in [-0.4, -0.2) is 4.98 Å². The van der Waals surface area contributed by atoms with Crippen LogP contribution in [-0.2, 0) is 0 Å². The third-order valence-corrected chi connectivity index (χ3v) is 2.87. The second kappa shape index (κ2) is 5.37. The van der Waals surface area contributed by atoms with E-state index in [0.717, 1.165) is 19.7 Å². The minimum atomic E-state index is 0.787. The lowest BCUT2D eigenvalue weighted by Gasteiger charge is -1.92. The Balaban J connectivity index is 2.21. The normalized spacial score (nSPS) is 9.38. The Labute approximate surface area is 114 Å². The molecular formula is C13H8INS. The van der Waals surface area contributed by atoms with Crippen LogP contribution in [0, 0.1) is 15.4 Å². The number of rotatable bonds is 0. The summed E-state index contributed by atoms with van der Waals surface area (Å²) in [7, 11) is 0. The second-order valence-electron chi connectivity index (χ2n) is 3.16. The Morgan fingerprint density at radius 1 is 1.00 bits per heavy atom. The summed E-state index contributed by atoms with van der Waals surface area (Å²) in [4.78, 5) is 5.16. The van der Waals surface area contributed by atoms with Crippen LogP contribution in [0.4, 0.5) is 0 Å². The largest absolute Gasteiger partial charge is 0.247 e. The summed E-state index contributed by atoms with van der Waals surface area (Å²) in [6.07, 6.45) is 1.81. The highest BCUT2D eigenvalue weighted by atomic mass is 127. The standard InChI is InChI=1S/C13H8INS/c14-11-4-6-12(15-9-11)5-1-10-2-7-13(16)8-3-10/h2-4,6-9,16H. The molecule has 0 aliphatic heterocycles. The van der Waals surface area contributed by atoms with E-state index in [9.17, 15) is 0 Å². The van der Waals surface area contributed by atoms with E-state index in [0.29, 0.717) is 0 Å². The summed E-state index contributed by atoms with van der Waals surface area (Å²) in [6.45, 7) is 0. The summed E-state index contributed by atoms with van der Waals surface area (Å²) in [5, 5.41) is 0. The molecule has 0 bridgehead atoms. The second-order valence-corrected chi connectivity index (χ2v) is 4.92. The van der Waals surface area contributed by atoms with E-state index in [1.807, 2.05) is 36.4 Å². The fourth-order valence-corrected chi connectivity index (χ4v) is 1.60. The number of hydrogen-bond acceptors (Lipinski definition) is 2. The van der Waals surface area contributed by atoms with Gasteiger partial charge in [-0.2, -0.15) is 0 Å². The SMILES string of the molecule is Sc1ccc(C#Cc2ccc(I)cn2)cc1. The first-order chi connectivity index (χ1) is 7.74. The first kappa shape index (κ1) is 11.5. The quantitative estimate of drug-likeness (QED) is 0.442. The van der Waals surface area contributed by atoms with Gasteiger partial charge >= 0.3 is 0 Å². The van der Waals surface area contributed by atoms with Gasteiger partial charge in [-0.15, -0.1) is 12.6 Å². The van der Waals surface area contributed by atoms with E-state index in [4.69, 9.17) is 0 Å². The van der Waals surface area contributed by atoms with Gasteiger partial charge < -0.3 is 0 Å². The molecule has 0 unspecified atom stereocenters. The molecule has 1 aromatic carbocycles. The maximum atomic E-state index is 4.22. The zero-order chi connectivity index (χ0) is 11.4. The van der Waals surface area contributed by atoms with Crippen molar-refractivity contribution in [3.05, 3.63) is 57.4 Å². The molecule has 2 aromatic rings. The molecule has 16 heavy (non-hydrogen) atoms. The molecule has 0 spiro atoms. The lowest BCUT2D eigenvalue weighted by molar-refractivity contribution is 1.27. The van der Waals surface area contributed by atoms with E-state index in [2.05, 4.69) is 52.0 Å². The van der Waals surface area contributed by atoms with E-state index >= 15 is 0 Å². The van der Waals surface area contributed by atoms with Crippen LogP contribution >= 0.6 is 35.2 Å². The molecule has 78 valence electrons. The maximum absolute atomic E-state index is 4.22. The molecule has 1 aromatic heterocycles. The molecule has 0 atom stereocenters. The Kier molecular flexibility index (Phi) is 3.86. The van der Waals surface area contributed by atoms with E-state index < -0.39 is 0 Å². The summed E-state index contributed by atoms with van der Waals surface area (Å²) >= 11 is 6.44. The number of hydrogen-bond donors (Lipinski definition) is 1. The fraction of sp³-hybridized carbons (Fsp3) is 0. The van der Waals surface area contributed by atoms with Crippen LogP contribution in [0.3, 0.4) is 0 Å². The predicted molar refractivity (Wildman–Crippen MR) is 76.6 cm³/mol. The average Bonchev–Trinajstić information content (AvgIpc) is 2.30. The lowest BCUT2D eigenvalue weighted by atomic mass is 10.2. The third-order valence-electron chi connectivity index (χ3n) is 1.93. The van der Waals surface area contributed by atoms with Crippen molar-refractivity contribution in [2.45, 2.75) is 4.90 Å². The number of nitrogens with zero attached hydrogens (tertiary/aromatic N) is 1. The average molecular weight is 337 g/mol. The molecule has 0 aliphatic carbocycles. The van der Waals surface area contributed by atoms with Crippen molar-refractivity contribution in [1.29, 1.82) is 0 Å². The van der Waals surface area contributed by atoms with Gasteiger partial charge in [0.15, 0.2) is 0 Å². The Morgan fingerprint density at radius 3 is 2.38 bits per heavy atom. The van der Waals surface area contributed by atoms with Crippen molar-refractivity contribution in [2.24, 2.45) is 0 Å². The maximum Gasteiger partial charge on any atom is 0.113 e. The van der Waals surface area contributed by atoms with Crippen molar-refractivity contribution in [3.8, 4) is 11.8 Å². The predicted octanol–water partition coefficient (Wildman–Crippen LogP) is 3.37. The van der Waals surface area contributed by atoms with Crippen LogP contribution in [0.2, 0.25) is 0 Å². The highest BCUT2D eigenvalue weighted by Gasteiger charge is 1.89. The smallest absolute Gasteiger partial charge is 0.113 e. The minimum absolute atomic E-state index is 0.787. The van der Waals surface area contributed by atoms with Crippen molar-refractivity contribution in [3.63, 3.8) is 0 Å². The number of benzene rings is 1. The molecule has 0 N–H and O–H groups in total. The third kappa shape index (κ3) is 3.26. The molecule has 0 saturated heterocycles. The Hall–Kier alpha value is -0.990. The van der Waals surface area contributed by atoms with Gasteiger partial charge in [-0.3, -0.25) is 0 Å². The molecule has 3 heteroatoms. The fourth-order valence-electron chi connectivity index (χ4n) is 1.13. The first-order valence-corrected chi connectivity index (χ1v) is 6.19. The molecule has 0 fully saturated rings. The van der Waals surface area contributed by atoms with Gasteiger partial charge in [0, 0.05) is 20.2 Å². The van der Waals surface area contributed by atoms with Crippen molar-refractivity contribution in [1.82, 2.24) is 4.98 Å². The number of thiol groups is 1. The van der Waals surface area contributed by atoms with E-state index in [1.54, 1.807) is 6.20 Å². The van der Waals surface area contributed by atoms with Crippen LogP contribution < -0.4 is 0 Å². The van der Waals surface area contributed by atoms with Crippen molar-refractivity contribution in [2.75, 3.05) is 0 Å². The van der Waals surface area contributed by atoms with E-state index in [-0.39, 0.29) is 0 Å². The minimum Gasteiger partial charge on any atom is -0.247 e. The summed E-state index contributed by atoms with van der Waals surface area (Å²) in [6, 6.07) is 11.7. The monoisotopic (exact) mass is 337 g/mol. The number of pyridine rings is 1. The van der Waals surface area contributed by atoms with Crippen molar-refractivity contribution >= 4 is 35.2 Å². The van der Waals surface area contributed by atoms with Crippen LogP contribution in [0.25, 0.3) is 0 Å². The van der Waals surface area contributed by atoms with Gasteiger partial charge in [0.1, 0.15) is 5.69 Å². The van der Waals surface area contributed by atoms with Gasteiger partial charge in [-0.1, -0.05) is 5.92 Å². The highest BCUT2D eigenvalue weighted by Crippen LogP contribution is 2.07. The number of halogens is 1. The lowest BCUT2D eigenvalue weighted by Crippen LogP contribution is -1.82. The van der Waals surface area contributed by atoms with E-state index in [1.165, 1.54) is 0 Å². The molecule has 1 heterocycles. The van der Waals surface area contributed by atoms with Crippen LogP contribution in [0.15, 0.2) is 47.5 Å². The van der Waals surface area contributed by atoms with Gasteiger partial charge in [-0.05, 0) is 64.9 Å². The number of aromatic nitrogens is 1. The molecule has 2 rings (SSSR count). The molecule has 0 aliphatic rings. The van der Waals surface area contributed by atoms with Crippen LogP contribution in [0.5, 0.6) is 0 Å². The van der Waals surface area contributed by atoms with Gasteiger partial charge in [0.2, 0.25) is 0 Å². The first-order valence-electron chi connectivity index (χ1n) is 4.67. The van der Waals surface area contributed by atoms with Crippen LogP contribution in [0.1, 0.15) is 11.3 Å². The molecule has 0 saturated carbocycles. The summed E-state index contributed by atoms with van der Waals surface area (Å²) < 4.78 is 1.11. The zero-order valence-electron chi connectivity index (χ0n) is 8.31. The van der Waals surface area contributed by atoms with Gasteiger partial charge in [0.25, 0.3) is 0 Å². The summed E-state index contributed by atoms with van der Waals surface area (Å²) in [5.41, 5.74) is 1.76. The molecular weight excluding hydrogens is 329 g/mol. The zero-order valence-corrected chi connectivity index (χ0v) is 11.4. The summed E-state index contributed by atoms with van der Waals surface area (Å²) in [5.74, 6) is 6.08. The van der Waals surface area contributed by atoms with Crippen molar-refractivity contribution < 1.29 is 0 Å². The topological polar surface area (TPSA) is 12.9 Å². The molecule has 0 radical (unpaired) electrons. The van der Waals surface area contributed by atoms with Gasteiger partial charge in [0.05, 0.1) is 0 Å². The van der Waals surface area contributed by atoms with Gasteiger partial charge in [-0.25, -0.2) is 4.98 Å². The highest BCUT2D eigenvalue weighted by molar-refractivity contribution is 14.1. The Morgan fingerprint density at radius 2 is 1.75 bits per heavy atom. The molecule has 0 amide bonds. The molecule has 1 nitrogen and oxygen atoms in total. The Bertz CT molecular complexity index is 485.